The number of amides is 1. The Kier molecular flexibility index (Phi) is 6.09. The van der Waals surface area contributed by atoms with E-state index in [4.69, 9.17) is 23.1 Å². The van der Waals surface area contributed by atoms with Crippen LogP contribution in [0.25, 0.3) is 11.2 Å². The van der Waals surface area contributed by atoms with Gasteiger partial charge in [-0.15, -0.1) is 0 Å². The Balaban J connectivity index is 1.66. The number of hydrogen-bond donors (Lipinski definition) is 4. The van der Waals surface area contributed by atoms with Crippen molar-refractivity contribution in [3.8, 4) is 0 Å². The van der Waals surface area contributed by atoms with Crippen LogP contribution in [-0.2, 0) is 0 Å². The maximum absolute atomic E-state index is 15.4. The van der Waals surface area contributed by atoms with Gasteiger partial charge in [-0.3, -0.25) is 9.79 Å². The van der Waals surface area contributed by atoms with Gasteiger partial charge >= 0.3 is 0 Å². The zero-order valence-corrected chi connectivity index (χ0v) is 19.6. The van der Waals surface area contributed by atoms with E-state index in [9.17, 15) is 9.90 Å². The van der Waals surface area contributed by atoms with Crippen molar-refractivity contribution in [2.45, 2.75) is 44.0 Å². The van der Waals surface area contributed by atoms with E-state index in [1.54, 1.807) is 48.8 Å². The van der Waals surface area contributed by atoms with E-state index in [0.29, 0.717) is 34.0 Å². The number of carbonyl (C=O) groups is 1. The Hall–Kier alpha value is -3.43. The fourth-order valence-electron chi connectivity index (χ4n) is 4.09. The molecule has 1 saturated carbocycles. The van der Waals surface area contributed by atoms with Crippen LogP contribution in [0, 0.1) is 0 Å². The quantitative estimate of drug-likeness (QED) is 0.395. The summed E-state index contributed by atoms with van der Waals surface area (Å²) in [5.41, 5.74) is 11.1. The van der Waals surface area contributed by atoms with E-state index in [-0.39, 0.29) is 12.0 Å². The highest BCUT2D eigenvalue weighted by molar-refractivity contribution is 6.30. The zero-order chi connectivity index (χ0) is 24.7. The molecule has 0 spiro atoms. The van der Waals surface area contributed by atoms with Crippen LogP contribution in [0.15, 0.2) is 53.8 Å². The molecule has 2 aromatic heterocycles. The number of benzene rings is 1. The molecule has 1 fully saturated rings. The SMILES string of the molecule is C[C@@]1(O)CC[C@@H](Nc2c(C(N)=O)cnn3cc(N=CC=C(N)c4ccc(Cl)cc4)cc23)[C@@]1(C)F. The molecule has 1 aromatic carbocycles. The number of rotatable bonds is 6. The highest BCUT2D eigenvalue weighted by Crippen LogP contribution is 2.44. The lowest BCUT2D eigenvalue weighted by Crippen LogP contribution is -2.50. The van der Waals surface area contributed by atoms with Crippen LogP contribution >= 0.6 is 11.6 Å². The summed E-state index contributed by atoms with van der Waals surface area (Å²) < 4.78 is 16.9. The molecule has 2 heterocycles. The highest BCUT2D eigenvalue weighted by Gasteiger charge is 2.55. The topological polar surface area (TPSA) is 131 Å². The van der Waals surface area contributed by atoms with E-state index in [1.807, 2.05) is 0 Å². The van der Waals surface area contributed by atoms with Crippen molar-refractivity contribution in [2.75, 3.05) is 5.32 Å². The molecule has 0 saturated heterocycles. The highest BCUT2D eigenvalue weighted by atomic mass is 35.5. The first kappa shape index (κ1) is 23.7. The summed E-state index contributed by atoms with van der Waals surface area (Å²) in [6.45, 7) is 2.82. The lowest BCUT2D eigenvalue weighted by molar-refractivity contribution is -0.0598. The number of nitrogens with one attached hydrogen (secondary N) is 1. The minimum Gasteiger partial charge on any atom is -0.398 e. The number of aromatic nitrogens is 2. The second kappa shape index (κ2) is 8.73. The van der Waals surface area contributed by atoms with Crippen LogP contribution in [0.5, 0.6) is 0 Å². The number of anilines is 1. The normalized spacial score (nSPS) is 25.3. The van der Waals surface area contributed by atoms with Crippen molar-refractivity contribution in [1.29, 1.82) is 0 Å². The Morgan fingerprint density at radius 1 is 1.35 bits per heavy atom. The largest absolute Gasteiger partial charge is 0.398 e. The maximum Gasteiger partial charge on any atom is 0.252 e. The molecule has 4 rings (SSSR count). The predicted molar refractivity (Wildman–Crippen MR) is 132 cm³/mol. The summed E-state index contributed by atoms with van der Waals surface area (Å²) in [6.07, 6.45) is 6.85. The predicted octanol–water partition coefficient (Wildman–Crippen LogP) is 3.84. The lowest BCUT2D eigenvalue weighted by atomic mass is 9.89. The molecule has 6 N–H and O–H groups in total. The minimum atomic E-state index is -1.92. The fraction of sp³-hybridized carbons (Fsp3) is 0.292. The summed E-state index contributed by atoms with van der Waals surface area (Å²) in [5.74, 6) is -0.701. The fourth-order valence-corrected chi connectivity index (χ4v) is 4.22. The summed E-state index contributed by atoms with van der Waals surface area (Å²) in [6, 6.07) is 8.08. The van der Waals surface area contributed by atoms with Crippen molar-refractivity contribution in [3.63, 3.8) is 0 Å². The van der Waals surface area contributed by atoms with E-state index in [0.717, 1.165) is 5.56 Å². The van der Waals surface area contributed by atoms with Gasteiger partial charge in [-0.1, -0.05) is 23.7 Å². The van der Waals surface area contributed by atoms with Gasteiger partial charge in [-0.25, -0.2) is 8.91 Å². The van der Waals surface area contributed by atoms with E-state index < -0.39 is 23.2 Å². The molecular weight excluding hydrogens is 459 g/mol. The molecule has 3 aromatic rings. The molecular formula is C24H26ClFN6O2. The first-order valence-electron chi connectivity index (χ1n) is 10.7. The van der Waals surface area contributed by atoms with Crippen LogP contribution in [0.2, 0.25) is 5.02 Å². The summed E-state index contributed by atoms with van der Waals surface area (Å²) in [5, 5.41) is 18.4. The van der Waals surface area contributed by atoms with Crippen LogP contribution in [0.4, 0.5) is 15.8 Å². The van der Waals surface area contributed by atoms with E-state index in [2.05, 4.69) is 15.4 Å². The Labute approximate surface area is 201 Å². The number of nitrogens with zero attached hydrogens (tertiary/aromatic N) is 3. The molecule has 1 aliphatic rings. The number of primary amides is 1. The van der Waals surface area contributed by atoms with Gasteiger partial charge in [0.15, 0.2) is 5.67 Å². The Morgan fingerprint density at radius 3 is 2.68 bits per heavy atom. The molecule has 3 atom stereocenters. The Bertz CT molecular complexity index is 1300. The molecule has 0 bridgehead atoms. The second-order valence-corrected chi connectivity index (χ2v) is 9.25. The number of hydrogen-bond acceptors (Lipinski definition) is 6. The molecule has 34 heavy (non-hydrogen) atoms. The van der Waals surface area contributed by atoms with Gasteiger partial charge in [0.2, 0.25) is 0 Å². The molecule has 1 aliphatic carbocycles. The third-order valence-corrected chi connectivity index (χ3v) is 6.74. The molecule has 0 unspecified atom stereocenters. The number of allylic oxidation sites excluding steroid dienone is 1. The number of carbonyl (C=O) groups excluding carboxylic acids is 1. The monoisotopic (exact) mass is 484 g/mol. The lowest BCUT2D eigenvalue weighted by Gasteiger charge is -2.34. The Morgan fingerprint density at radius 2 is 2.06 bits per heavy atom. The zero-order valence-electron chi connectivity index (χ0n) is 18.8. The molecule has 178 valence electrons. The molecule has 8 nitrogen and oxygen atoms in total. The molecule has 10 heteroatoms. The van der Waals surface area contributed by atoms with E-state index >= 15 is 4.39 Å². The van der Waals surface area contributed by atoms with Gasteiger partial charge in [-0.2, -0.15) is 5.10 Å². The van der Waals surface area contributed by atoms with Crippen LogP contribution < -0.4 is 16.8 Å². The summed E-state index contributed by atoms with van der Waals surface area (Å²) in [7, 11) is 0. The third-order valence-electron chi connectivity index (χ3n) is 6.49. The van der Waals surface area contributed by atoms with Crippen molar-refractivity contribution >= 4 is 46.3 Å². The third kappa shape index (κ3) is 4.36. The van der Waals surface area contributed by atoms with Gasteiger partial charge in [0.1, 0.15) is 0 Å². The standard InChI is InChI=1S/C24H26ClFN6O2/c1-23(34)9-7-20(24(23,2)26)31-21-17(22(28)33)12-30-32-13-16(11-19(21)32)29-10-8-18(27)14-3-5-15(25)6-4-14/h3-6,8,10-13,20,31,34H,7,9,27H2,1-2H3,(H2,28,33)/t20-,23-,24-/m1/s1. The number of alkyl halides is 1. The van der Waals surface area contributed by atoms with E-state index in [1.165, 1.54) is 24.6 Å². The number of fused-ring (bicyclic) bond motifs is 1. The second-order valence-electron chi connectivity index (χ2n) is 8.82. The summed E-state index contributed by atoms with van der Waals surface area (Å²) >= 11 is 5.90. The number of aliphatic imine (C=N–C) groups is 1. The van der Waals surface area contributed by atoms with Crippen LogP contribution in [-0.4, -0.2) is 44.2 Å². The number of aliphatic hydroxyl groups is 1. The van der Waals surface area contributed by atoms with Gasteiger partial charge in [0, 0.05) is 16.9 Å². The van der Waals surface area contributed by atoms with Crippen molar-refractivity contribution in [2.24, 2.45) is 16.5 Å². The average Bonchev–Trinajstić information content (AvgIpc) is 3.27. The van der Waals surface area contributed by atoms with Crippen LogP contribution in [0.3, 0.4) is 0 Å². The van der Waals surface area contributed by atoms with Gasteiger partial charge in [-0.05, 0) is 56.5 Å². The minimum absolute atomic E-state index is 0.121. The first-order chi connectivity index (χ1) is 16.0. The number of halogens is 2. The maximum atomic E-state index is 15.4. The number of nitrogens with two attached hydrogens (primary N) is 2. The summed E-state index contributed by atoms with van der Waals surface area (Å²) in [4.78, 5) is 16.5. The van der Waals surface area contributed by atoms with Gasteiger partial charge < -0.3 is 21.9 Å². The first-order valence-corrected chi connectivity index (χ1v) is 11.1. The van der Waals surface area contributed by atoms with Gasteiger partial charge in [0.05, 0.1) is 46.5 Å². The van der Waals surface area contributed by atoms with Crippen LogP contribution in [0.1, 0.15) is 42.6 Å². The van der Waals surface area contributed by atoms with Crippen molar-refractivity contribution < 1.29 is 14.3 Å². The van der Waals surface area contributed by atoms with Crippen molar-refractivity contribution in [1.82, 2.24) is 9.61 Å². The molecule has 0 aliphatic heterocycles. The molecule has 0 radical (unpaired) electrons. The molecule has 1 amide bonds. The van der Waals surface area contributed by atoms with Gasteiger partial charge in [0.25, 0.3) is 5.91 Å². The average molecular weight is 485 g/mol. The van der Waals surface area contributed by atoms with Crippen molar-refractivity contribution in [3.05, 3.63) is 65.0 Å². The smallest absolute Gasteiger partial charge is 0.252 e.